The van der Waals surface area contributed by atoms with Crippen LogP contribution in [0.1, 0.15) is 31.2 Å². The number of hydrogen-bond acceptors (Lipinski definition) is 3. The summed E-state index contributed by atoms with van der Waals surface area (Å²) in [5.41, 5.74) is 6.57. The maximum Gasteiger partial charge on any atom is 0.181 e. The van der Waals surface area contributed by atoms with Crippen molar-refractivity contribution in [3.8, 4) is 0 Å². The van der Waals surface area contributed by atoms with Gasteiger partial charge in [0.1, 0.15) is 0 Å². The minimum atomic E-state index is -3.12. The molecule has 16 heavy (non-hydrogen) atoms. The fourth-order valence-corrected chi connectivity index (χ4v) is 4.05. The zero-order valence-corrected chi connectivity index (χ0v) is 9.83. The Morgan fingerprint density at radius 3 is 2.38 bits per heavy atom. The molecular formula is C12H15NO2S. The summed E-state index contributed by atoms with van der Waals surface area (Å²) in [7, 11) is -3.12. The highest BCUT2D eigenvalue weighted by molar-refractivity contribution is 7.92. The van der Waals surface area contributed by atoms with Crippen molar-refractivity contribution in [3.05, 3.63) is 29.8 Å². The average Bonchev–Trinajstić information content (AvgIpc) is 3.12. The molecule has 0 unspecified atom stereocenters. The van der Waals surface area contributed by atoms with Gasteiger partial charge in [0.15, 0.2) is 9.84 Å². The molecule has 4 heteroatoms. The van der Waals surface area contributed by atoms with Crippen LogP contribution in [0, 0.1) is 0 Å². The summed E-state index contributed by atoms with van der Waals surface area (Å²) in [5.74, 6) is 0. The minimum Gasteiger partial charge on any atom is -0.321 e. The van der Waals surface area contributed by atoms with Gasteiger partial charge in [-0.15, -0.1) is 0 Å². The smallest absolute Gasteiger partial charge is 0.181 e. The van der Waals surface area contributed by atoms with Gasteiger partial charge in [0, 0.05) is 5.54 Å². The lowest BCUT2D eigenvalue weighted by Crippen LogP contribution is -2.23. The van der Waals surface area contributed by atoms with E-state index < -0.39 is 9.84 Å². The minimum absolute atomic E-state index is 0.156. The highest BCUT2D eigenvalue weighted by Gasteiger charge is 2.46. The van der Waals surface area contributed by atoms with E-state index in [0.29, 0.717) is 4.90 Å². The molecule has 0 saturated heterocycles. The first-order valence-electron chi connectivity index (χ1n) is 5.66. The number of sulfone groups is 1. The lowest BCUT2D eigenvalue weighted by molar-refractivity contribution is 0.590. The van der Waals surface area contributed by atoms with Crippen molar-refractivity contribution in [2.45, 2.75) is 41.4 Å². The van der Waals surface area contributed by atoms with E-state index >= 15 is 0 Å². The Morgan fingerprint density at radius 1 is 1.19 bits per heavy atom. The van der Waals surface area contributed by atoms with Gasteiger partial charge >= 0.3 is 0 Å². The van der Waals surface area contributed by atoms with E-state index in [1.807, 2.05) is 12.1 Å². The van der Waals surface area contributed by atoms with Gasteiger partial charge in [0.05, 0.1) is 10.1 Å². The second-order valence-electron chi connectivity index (χ2n) is 4.90. The quantitative estimate of drug-likeness (QED) is 0.868. The van der Waals surface area contributed by atoms with Crippen LogP contribution in [-0.2, 0) is 15.4 Å². The molecule has 2 aliphatic carbocycles. The van der Waals surface area contributed by atoms with Crippen LogP contribution in [-0.4, -0.2) is 13.7 Å². The summed E-state index contributed by atoms with van der Waals surface area (Å²) in [6.45, 7) is 0. The molecule has 2 aliphatic rings. The molecule has 1 aromatic rings. The van der Waals surface area contributed by atoms with E-state index in [-0.39, 0.29) is 10.8 Å². The highest BCUT2D eigenvalue weighted by atomic mass is 32.2. The standard InChI is InChI=1S/C12H15NO2S/c13-12(7-8-12)10-3-1-2-4-11(10)16(14,15)9-5-6-9/h1-4,9H,5-8,13H2. The molecule has 3 rings (SSSR count). The Labute approximate surface area is 95.6 Å². The second-order valence-corrected chi connectivity index (χ2v) is 7.09. The third-order valence-electron chi connectivity index (χ3n) is 3.48. The number of rotatable bonds is 3. The zero-order valence-electron chi connectivity index (χ0n) is 9.02. The van der Waals surface area contributed by atoms with E-state index in [4.69, 9.17) is 5.73 Å². The zero-order chi connectivity index (χ0) is 11.4. The monoisotopic (exact) mass is 237 g/mol. The van der Waals surface area contributed by atoms with E-state index in [9.17, 15) is 8.42 Å². The summed E-state index contributed by atoms with van der Waals surface area (Å²) in [4.78, 5) is 0.470. The van der Waals surface area contributed by atoms with Gasteiger partial charge in [0.25, 0.3) is 0 Å². The molecule has 1 aromatic carbocycles. The van der Waals surface area contributed by atoms with Crippen molar-refractivity contribution < 1.29 is 8.42 Å². The summed E-state index contributed by atoms with van der Waals surface area (Å²) in [6, 6.07) is 7.22. The van der Waals surface area contributed by atoms with E-state index in [0.717, 1.165) is 31.2 Å². The van der Waals surface area contributed by atoms with E-state index in [2.05, 4.69) is 0 Å². The molecule has 0 aliphatic heterocycles. The Kier molecular flexibility index (Phi) is 1.98. The van der Waals surface area contributed by atoms with E-state index in [1.54, 1.807) is 12.1 Å². The molecule has 2 fully saturated rings. The van der Waals surface area contributed by atoms with Gasteiger partial charge in [-0.2, -0.15) is 0 Å². The molecule has 0 aromatic heterocycles. The molecule has 3 nitrogen and oxygen atoms in total. The van der Waals surface area contributed by atoms with Crippen LogP contribution in [0.5, 0.6) is 0 Å². The molecule has 0 heterocycles. The fraction of sp³-hybridized carbons (Fsp3) is 0.500. The van der Waals surface area contributed by atoms with Crippen LogP contribution in [0.15, 0.2) is 29.2 Å². The topological polar surface area (TPSA) is 60.2 Å². The van der Waals surface area contributed by atoms with Gasteiger partial charge < -0.3 is 5.73 Å². The number of hydrogen-bond donors (Lipinski definition) is 1. The Balaban J connectivity index is 2.13. The van der Waals surface area contributed by atoms with Crippen LogP contribution in [0.3, 0.4) is 0 Å². The summed E-state index contributed by atoms with van der Waals surface area (Å²) < 4.78 is 24.5. The summed E-state index contributed by atoms with van der Waals surface area (Å²) >= 11 is 0. The highest BCUT2D eigenvalue weighted by Crippen LogP contribution is 2.46. The van der Waals surface area contributed by atoms with Crippen molar-refractivity contribution in [3.63, 3.8) is 0 Å². The first-order chi connectivity index (χ1) is 7.54. The maximum absolute atomic E-state index is 12.2. The predicted molar refractivity (Wildman–Crippen MR) is 61.7 cm³/mol. The Morgan fingerprint density at radius 2 is 1.81 bits per heavy atom. The van der Waals surface area contributed by atoms with Crippen LogP contribution >= 0.6 is 0 Å². The van der Waals surface area contributed by atoms with E-state index in [1.165, 1.54) is 0 Å². The molecule has 2 N–H and O–H groups in total. The molecule has 2 saturated carbocycles. The van der Waals surface area contributed by atoms with Gasteiger partial charge in [-0.3, -0.25) is 0 Å². The molecule has 0 radical (unpaired) electrons. The van der Waals surface area contributed by atoms with Crippen LogP contribution in [0.2, 0.25) is 0 Å². The van der Waals surface area contributed by atoms with Gasteiger partial charge in [-0.05, 0) is 37.3 Å². The molecule has 0 amide bonds. The van der Waals surface area contributed by atoms with Crippen molar-refractivity contribution in [2.75, 3.05) is 0 Å². The van der Waals surface area contributed by atoms with Crippen LogP contribution < -0.4 is 5.73 Å². The largest absolute Gasteiger partial charge is 0.321 e. The molecule has 86 valence electrons. The van der Waals surface area contributed by atoms with Crippen molar-refractivity contribution >= 4 is 9.84 Å². The first-order valence-corrected chi connectivity index (χ1v) is 7.21. The van der Waals surface area contributed by atoms with Gasteiger partial charge in [-0.25, -0.2) is 8.42 Å². The molecule has 0 atom stereocenters. The second kappa shape index (κ2) is 3.08. The maximum atomic E-state index is 12.2. The van der Waals surface area contributed by atoms with Crippen molar-refractivity contribution in [2.24, 2.45) is 5.73 Å². The molecule has 0 bridgehead atoms. The SMILES string of the molecule is NC1(c2ccccc2S(=O)(=O)C2CC2)CC1. The third kappa shape index (κ3) is 1.48. The number of nitrogens with two attached hydrogens (primary N) is 1. The van der Waals surface area contributed by atoms with Gasteiger partial charge in [-0.1, -0.05) is 18.2 Å². The lowest BCUT2D eigenvalue weighted by Gasteiger charge is -2.14. The molecule has 0 spiro atoms. The fourth-order valence-electron chi connectivity index (χ4n) is 2.09. The van der Waals surface area contributed by atoms with Gasteiger partial charge in [0.2, 0.25) is 0 Å². The summed E-state index contributed by atoms with van der Waals surface area (Å²) in [6.07, 6.45) is 3.39. The van der Waals surface area contributed by atoms with Crippen LogP contribution in [0.4, 0.5) is 0 Å². The Hall–Kier alpha value is -0.870. The van der Waals surface area contributed by atoms with Crippen LogP contribution in [0.25, 0.3) is 0 Å². The first kappa shape index (κ1) is 10.3. The Bertz CT molecular complexity index is 528. The lowest BCUT2D eigenvalue weighted by atomic mass is 10.1. The normalized spacial score (nSPS) is 23.1. The van der Waals surface area contributed by atoms with Crippen molar-refractivity contribution in [1.82, 2.24) is 0 Å². The number of benzene rings is 1. The van der Waals surface area contributed by atoms with Crippen molar-refractivity contribution in [1.29, 1.82) is 0 Å². The predicted octanol–water partition coefficient (Wildman–Crippen LogP) is 1.57. The summed E-state index contributed by atoms with van der Waals surface area (Å²) in [5, 5.41) is -0.156. The molecular weight excluding hydrogens is 222 g/mol. The average molecular weight is 237 g/mol. The third-order valence-corrected chi connectivity index (χ3v) is 5.80.